The third-order valence-corrected chi connectivity index (χ3v) is 3.94. The molecule has 21 heavy (non-hydrogen) atoms. The summed E-state index contributed by atoms with van der Waals surface area (Å²) in [6.45, 7) is 4.15. The molecule has 1 saturated heterocycles. The highest BCUT2D eigenvalue weighted by molar-refractivity contribution is 5.95. The van der Waals surface area contributed by atoms with Gasteiger partial charge in [0, 0.05) is 24.7 Å². The van der Waals surface area contributed by atoms with E-state index in [1.54, 1.807) is 32.4 Å². The molecule has 2 N–H and O–H groups in total. The number of likely N-dealkylation sites (tertiary alicyclic amines) is 1. The van der Waals surface area contributed by atoms with Crippen LogP contribution in [0, 0.1) is 5.41 Å². The highest BCUT2D eigenvalue weighted by Crippen LogP contribution is 2.31. The zero-order valence-corrected chi connectivity index (χ0v) is 13.5. The maximum Gasteiger partial charge on any atom is 0.254 e. The number of carbonyl (C=O) groups excluding carboxylic acids is 1. The van der Waals surface area contributed by atoms with Gasteiger partial charge in [0.05, 0.1) is 14.2 Å². The fourth-order valence-corrected chi connectivity index (χ4v) is 2.48. The largest absolute Gasteiger partial charge is 0.497 e. The smallest absolute Gasteiger partial charge is 0.254 e. The molecule has 1 atom stereocenters. The van der Waals surface area contributed by atoms with E-state index in [0.717, 1.165) is 13.0 Å². The van der Waals surface area contributed by atoms with E-state index in [4.69, 9.17) is 15.2 Å². The van der Waals surface area contributed by atoms with E-state index in [2.05, 4.69) is 6.92 Å². The molecule has 1 fully saturated rings. The molecule has 118 valence electrons. The van der Waals surface area contributed by atoms with Crippen molar-refractivity contribution in [3.05, 3.63) is 23.8 Å². The standard InChI is InChI=1S/C15H22N2O3.ClH/c1-15(9-16)4-5-17(10-15)14(18)11-6-12(19-2)8-13(7-11)20-3;/h6-8H,4-5,9-10,16H2,1-3H3;1H. The number of ether oxygens (including phenoxy) is 2. The van der Waals surface area contributed by atoms with Crippen LogP contribution < -0.4 is 15.2 Å². The molecule has 1 heterocycles. The molecule has 5 nitrogen and oxygen atoms in total. The van der Waals surface area contributed by atoms with Gasteiger partial charge in [0.1, 0.15) is 11.5 Å². The SMILES string of the molecule is COc1cc(OC)cc(C(=O)N2CCC(C)(CN)C2)c1.Cl. The van der Waals surface area contributed by atoms with E-state index >= 15 is 0 Å². The normalized spacial score (nSPS) is 20.9. The average molecular weight is 315 g/mol. The first-order valence-corrected chi connectivity index (χ1v) is 6.74. The molecule has 0 aromatic heterocycles. The van der Waals surface area contributed by atoms with Gasteiger partial charge >= 0.3 is 0 Å². The first-order valence-electron chi connectivity index (χ1n) is 6.74. The van der Waals surface area contributed by atoms with Crippen LogP contribution in [0.15, 0.2) is 18.2 Å². The van der Waals surface area contributed by atoms with Crippen molar-refractivity contribution < 1.29 is 14.3 Å². The Morgan fingerprint density at radius 2 is 1.86 bits per heavy atom. The van der Waals surface area contributed by atoms with E-state index < -0.39 is 0 Å². The molecule has 1 amide bonds. The summed E-state index contributed by atoms with van der Waals surface area (Å²) in [5.41, 5.74) is 6.39. The number of amides is 1. The zero-order valence-electron chi connectivity index (χ0n) is 12.7. The summed E-state index contributed by atoms with van der Waals surface area (Å²) in [5, 5.41) is 0. The van der Waals surface area contributed by atoms with Gasteiger partial charge in [-0.3, -0.25) is 4.79 Å². The lowest BCUT2D eigenvalue weighted by atomic mass is 9.90. The Balaban J connectivity index is 0.00000220. The number of nitrogens with zero attached hydrogens (tertiary/aromatic N) is 1. The predicted molar refractivity (Wildman–Crippen MR) is 84.5 cm³/mol. The molecule has 1 aromatic rings. The van der Waals surface area contributed by atoms with Gasteiger partial charge < -0.3 is 20.1 Å². The topological polar surface area (TPSA) is 64.8 Å². The van der Waals surface area contributed by atoms with Crippen molar-refractivity contribution in [2.45, 2.75) is 13.3 Å². The Kier molecular flexibility index (Phi) is 5.87. The molecular formula is C15H23ClN2O3. The Morgan fingerprint density at radius 1 is 1.29 bits per heavy atom. The third kappa shape index (κ3) is 3.80. The Bertz CT molecular complexity index is 487. The van der Waals surface area contributed by atoms with E-state index in [-0.39, 0.29) is 23.7 Å². The number of hydrogen-bond donors (Lipinski definition) is 1. The summed E-state index contributed by atoms with van der Waals surface area (Å²) in [7, 11) is 3.15. The molecule has 1 aromatic carbocycles. The van der Waals surface area contributed by atoms with E-state index in [0.29, 0.717) is 30.2 Å². The molecule has 1 aliphatic rings. The van der Waals surface area contributed by atoms with Crippen LogP contribution in [-0.2, 0) is 0 Å². The highest BCUT2D eigenvalue weighted by Gasteiger charge is 2.35. The lowest BCUT2D eigenvalue weighted by Gasteiger charge is -2.22. The van der Waals surface area contributed by atoms with Gasteiger partial charge in [0.25, 0.3) is 5.91 Å². The summed E-state index contributed by atoms with van der Waals surface area (Å²) in [6.07, 6.45) is 0.941. The Labute approximate surface area is 131 Å². The van der Waals surface area contributed by atoms with Crippen molar-refractivity contribution >= 4 is 18.3 Å². The Hall–Kier alpha value is -1.46. The number of hydrogen-bond acceptors (Lipinski definition) is 4. The van der Waals surface area contributed by atoms with Gasteiger partial charge in [-0.05, 0) is 30.5 Å². The van der Waals surface area contributed by atoms with Gasteiger partial charge in [-0.2, -0.15) is 0 Å². The summed E-state index contributed by atoms with van der Waals surface area (Å²) >= 11 is 0. The molecule has 0 spiro atoms. The maximum absolute atomic E-state index is 12.6. The third-order valence-electron chi connectivity index (χ3n) is 3.94. The van der Waals surface area contributed by atoms with Crippen molar-refractivity contribution in [1.29, 1.82) is 0 Å². The van der Waals surface area contributed by atoms with Crippen LogP contribution in [0.4, 0.5) is 0 Å². The average Bonchev–Trinajstić information content (AvgIpc) is 2.89. The molecule has 0 saturated carbocycles. The van der Waals surface area contributed by atoms with Crippen molar-refractivity contribution in [3.63, 3.8) is 0 Å². The summed E-state index contributed by atoms with van der Waals surface area (Å²) in [5.74, 6) is 1.24. The molecule has 6 heteroatoms. The van der Waals surface area contributed by atoms with Crippen LogP contribution in [-0.4, -0.2) is 44.7 Å². The van der Waals surface area contributed by atoms with Crippen LogP contribution in [0.3, 0.4) is 0 Å². The van der Waals surface area contributed by atoms with E-state index in [1.165, 1.54) is 0 Å². The quantitative estimate of drug-likeness (QED) is 0.922. The molecule has 0 bridgehead atoms. The van der Waals surface area contributed by atoms with Gasteiger partial charge in [-0.15, -0.1) is 12.4 Å². The lowest BCUT2D eigenvalue weighted by molar-refractivity contribution is 0.0776. The molecule has 0 aliphatic carbocycles. The molecule has 2 rings (SSSR count). The van der Waals surface area contributed by atoms with E-state index in [1.807, 2.05) is 4.90 Å². The zero-order chi connectivity index (χ0) is 14.8. The van der Waals surface area contributed by atoms with Crippen molar-refractivity contribution in [3.8, 4) is 11.5 Å². The summed E-state index contributed by atoms with van der Waals surface area (Å²) in [4.78, 5) is 14.4. The predicted octanol–water partition coefficient (Wildman–Crippen LogP) is 1.94. The first kappa shape index (κ1) is 17.6. The number of carbonyl (C=O) groups is 1. The van der Waals surface area contributed by atoms with E-state index in [9.17, 15) is 4.79 Å². The van der Waals surface area contributed by atoms with Gasteiger partial charge in [0.2, 0.25) is 0 Å². The fourth-order valence-electron chi connectivity index (χ4n) is 2.48. The van der Waals surface area contributed by atoms with Gasteiger partial charge in [0.15, 0.2) is 0 Å². The Morgan fingerprint density at radius 3 is 2.29 bits per heavy atom. The summed E-state index contributed by atoms with van der Waals surface area (Å²) in [6, 6.07) is 5.23. The number of rotatable bonds is 4. The highest BCUT2D eigenvalue weighted by atomic mass is 35.5. The minimum atomic E-state index is -0.000579. The van der Waals surface area contributed by atoms with Gasteiger partial charge in [-0.1, -0.05) is 6.92 Å². The minimum absolute atomic E-state index is 0. The minimum Gasteiger partial charge on any atom is -0.497 e. The summed E-state index contributed by atoms with van der Waals surface area (Å²) < 4.78 is 10.4. The molecular weight excluding hydrogens is 292 g/mol. The van der Waals surface area contributed by atoms with Crippen molar-refractivity contribution in [2.24, 2.45) is 11.1 Å². The number of methoxy groups -OCH3 is 2. The van der Waals surface area contributed by atoms with Crippen molar-refractivity contribution in [2.75, 3.05) is 33.9 Å². The van der Waals surface area contributed by atoms with Crippen LogP contribution in [0.1, 0.15) is 23.7 Å². The second kappa shape index (κ2) is 7.00. The number of benzene rings is 1. The maximum atomic E-state index is 12.6. The number of nitrogens with two attached hydrogens (primary N) is 1. The molecule has 1 aliphatic heterocycles. The molecule has 0 radical (unpaired) electrons. The monoisotopic (exact) mass is 314 g/mol. The van der Waals surface area contributed by atoms with Crippen LogP contribution in [0.25, 0.3) is 0 Å². The van der Waals surface area contributed by atoms with Gasteiger partial charge in [-0.25, -0.2) is 0 Å². The fraction of sp³-hybridized carbons (Fsp3) is 0.533. The van der Waals surface area contributed by atoms with Crippen LogP contribution >= 0.6 is 12.4 Å². The molecule has 1 unspecified atom stereocenters. The van der Waals surface area contributed by atoms with Crippen molar-refractivity contribution in [1.82, 2.24) is 4.90 Å². The lowest BCUT2D eigenvalue weighted by Crippen LogP contribution is -2.34. The second-order valence-electron chi connectivity index (χ2n) is 5.59. The number of halogens is 1. The van der Waals surface area contributed by atoms with Crippen LogP contribution in [0.5, 0.6) is 11.5 Å². The first-order chi connectivity index (χ1) is 9.51. The van der Waals surface area contributed by atoms with Crippen LogP contribution in [0.2, 0.25) is 0 Å². The second-order valence-corrected chi connectivity index (χ2v) is 5.59.